The highest BCUT2D eigenvalue weighted by Gasteiger charge is 2.30. The predicted octanol–water partition coefficient (Wildman–Crippen LogP) is 1.45. The van der Waals surface area contributed by atoms with Gasteiger partial charge in [-0.15, -0.1) is 10.2 Å². The molecule has 15 heavy (non-hydrogen) atoms. The highest BCUT2D eigenvalue weighted by molar-refractivity contribution is 4.94. The maximum Gasteiger partial charge on any atom is 0.247 e. The molecule has 0 fully saturated rings. The molecule has 1 aromatic heterocycles. The van der Waals surface area contributed by atoms with Gasteiger partial charge in [0.15, 0.2) is 0 Å². The molecule has 1 unspecified atom stereocenters. The molecule has 0 radical (unpaired) electrons. The van der Waals surface area contributed by atoms with Gasteiger partial charge in [-0.3, -0.25) is 0 Å². The normalized spacial score (nSPS) is 15.2. The number of aromatic nitrogens is 2. The largest absolute Gasteiger partial charge is 0.421 e. The van der Waals surface area contributed by atoms with Gasteiger partial charge in [0, 0.05) is 7.11 Å². The van der Waals surface area contributed by atoms with E-state index >= 15 is 0 Å². The molecule has 0 amide bonds. The molecule has 0 aliphatic carbocycles. The van der Waals surface area contributed by atoms with Crippen molar-refractivity contribution in [3.8, 4) is 0 Å². The Kier molecular flexibility index (Phi) is 4.23. The summed E-state index contributed by atoms with van der Waals surface area (Å²) in [5, 5.41) is 11.1. The lowest BCUT2D eigenvalue weighted by Gasteiger charge is -2.21. The molecule has 0 aromatic carbocycles. The van der Waals surface area contributed by atoms with Crippen LogP contribution >= 0.6 is 0 Å². The molecule has 0 saturated carbocycles. The Morgan fingerprint density at radius 2 is 2.13 bits per heavy atom. The second-order valence-corrected chi connectivity index (χ2v) is 3.57. The predicted molar refractivity (Wildman–Crippen MR) is 56.3 cm³/mol. The summed E-state index contributed by atoms with van der Waals surface area (Å²) in [4.78, 5) is 0. The lowest BCUT2D eigenvalue weighted by molar-refractivity contribution is -0.0242. The first-order valence-corrected chi connectivity index (χ1v) is 5.25. The molecular formula is C10H19N3O2. The smallest absolute Gasteiger partial charge is 0.247 e. The summed E-state index contributed by atoms with van der Waals surface area (Å²) in [5.74, 6) is 1.14. The zero-order valence-electron chi connectivity index (χ0n) is 9.83. The molecule has 1 aromatic rings. The number of ether oxygens (including phenoxy) is 1. The maximum absolute atomic E-state index is 5.52. The number of rotatable bonds is 6. The van der Waals surface area contributed by atoms with Crippen molar-refractivity contribution >= 4 is 0 Å². The van der Waals surface area contributed by atoms with Crippen LogP contribution in [0.25, 0.3) is 0 Å². The van der Waals surface area contributed by atoms with Gasteiger partial charge in [0.05, 0.1) is 6.54 Å². The molecule has 5 nitrogen and oxygen atoms in total. The van der Waals surface area contributed by atoms with Crippen molar-refractivity contribution in [2.75, 3.05) is 13.7 Å². The molecule has 0 spiro atoms. The van der Waals surface area contributed by atoms with E-state index < -0.39 is 5.60 Å². The van der Waals surface area contributed by atoms with Crippen LogP contribution in [0.4, 0.5) is 0 Å². The Labute approximate surface area is 90.2 Å². The maximum atomic E-state index is 5.52. The van der Waals surface area contributed by atoms with Crippen LogP contribution < -0.4 is 5.32 Å². The highest BCUT2D eigenvalue weighted by Crippen LogP contribution is 2.26. The van der Waals surface area contributed by atoms with E-state index in [-0.39, 0.29) is 0 Å². The number of methoxy groups -OCH3 is 1. The van der Waals surface area contributed by atoms with E-state index in [2.05, 4.69) is 15.5 Å². The fourth-order valence-corrected chi connectivity index (χ4v) is 1.15. The average molecular weight is 213 g/mol. The van der Waals surface area contributed by atoms with Crippen molar-refractivity contribution in [3.05, 3.63) is 11.8 Å². The summed E-state index contributed by atoms with van der Waals surface area (Å²) in [6.45, 7) is 7.48. The zero-order chi connectivity index (χ0) is 11.3. The quantitative estimate of drug-likeness (QED) is 0.775. The first-order chi connectivity index (χ1) is 7.16. The van der Waals surface area contributed by atoms with Crippen molar-refractivity contribution < 1.29 is 9.15 Å². The first kappa shape index (κ1) is 12.1. The lowest BCUT2D eigenvalue weighted by atomic mass is 10.0. The van der Waals surface area contributed by atoms with Crippen LogP contribution in [0.15, 0.2) is 4.42 Å². The van der Waals surface area contributed by atoms with Crippen LogP contribution in [0.5, 0.6) is 0 Å². The van der Waals surface area contributed by atoms with Crippen LogP contribution in [0, 0.1) is 0 Å². The van der Waals surface area contributed by atoms with E-state index in [4.69, 9.17) is 9.15 Å². The van der Waals surface area contributed by atoms with Crippen molar-refractivity contribution in [1.82, 2.24) is 15.5 Å². The van der Waals surface area contributed by atoms with E-state index in [1.807, 2.05) is 20.8 Å². The molecule has 1 atom stereocenters. The average Bonchev–Trinajstić information content (AvgIpc) is 2.74. The van der Waals surface area contributed by atoms with Gasteiger partial charge in [-0.2, -0.15) is 0 Å². The number of hydrogen-bond acceptors (Lipinski definition) is 5. The van der Waals surface area contributed by atoms with Crippen molar-refractivity contribution in [2.45, 2.75) is 39.3 Å². The SMILES string of the molecule is CCNCc1nnc(C(C)(CC)OC)o1. The Morgan fingerprint density at radius 1 is 1.40 bits per heavy atom. The summed E-state index contributed by atoms with van der Waals surface area (Å²) < 4.78 is 10.9. The molecule has 1 rings (SSSR count). The van der Waals surface area contributed by atoms with Gasteiger partial charge in [0.2, 0.25) is 11.8 Å². The molecule has 86 valence electrons. The third-order valence-electron chi connectivity index (χ3n) is 2.57. The number of hydrogen-bond donors (Lipinski definition) is 1. The minimum Gasteiger partial charge on any atom is -0.421 e. The van der Waals surface area contributed by atoms with Gasteiger partial charge >= 0.3 is 0 Å². The number of nitrogens with zero attached hydrogens (tertiary/aromatic N) is 2. The second kappa shape index (κ2) is 5.23. The van der Waals surface area contributed by atoms with Gasteiger partial charge in [-0.25, -0.2) is 0 Å². The summed E-state index contributed by atoms with van der Waals surface area (Å²) >= 11 is 0. The standard InChI is InChI=1S/C10H19N3O2/c1-5-10(3,14-4)9-13-12-8(15-9)7-11-6-2/h11H,5-7H2,1-4H3. The molecule has 0 aliphatic heterocycles. The third kappa shape index (κ3) is 2.76. The Bertz CT molecular complexity index is 295. The summed E-state index contributed by atoms with van der Waals surface area (Å²) in [6.07, 6.45) is 0.798. The topological polar surface area (TPSA) is 60.2 Å². The summed E-state index contributed by atoms with van der Waals surface area (Å²) in [6, 6.07) is 0. The molecule has 5 heteroatoms. The van der Waals surface area contributed by atoms with Crippen LogP contribution in [0.3, 0.4) is 0 Å². The van der Waals surface area contributed by atoms with Gasteiger partial charge in [0.1, 0.15) is 5.60 Å². The van der Waals surface area contributed by atoms with Gasteiger partial charge in [-0.1, -0.05) is 13.8 Å². The molecule has 1 heterocycles. The van der Waals surface area contributed by atoms with Gasteiger partial charge < -0.3 is 14.5 Å². The van der Waals surface area contributed by atoms with Crippen LogP contribution in [-0.2, 0) is 16.9 Å². The lowest BCUT2D eigenvalue weighted by Crippen LogP contribution is -2.23. The van der Waals surface area contributed by atoms with E-state index in [0.29, 0.717) is 18.3 Å². The molecule has 0 saturated heterocycles. The Balaban J connectivity index is 2.74. The van der Waals surface area contributed by atoms with Gasteiger partial charge in [-0.05, 0) is 19.9 Å². The molecule has 1 N–H and O–H groups in total. The van der Waals surface area contributed by atoms with Crippen LogP contribution in [-0.4, -0.2) is 23.9 Å². The minimum absolute atomic E-state index is 0.475. The van der Waals surface area contributed by atoms with E-state index in [1.54, 1.807) is 7.11 Å². The Morgan fingerprint density at radius 3 is 2.67 bits per heavy atom. The summed E-state index contributed by atoms with van der Waals surface area (Å²) in [5.41, 5.74) is -0.475. The monoisotopic (exact) mass is 213 g/mol. The fraction of sp³-hybridized carbons (Fsp3) is 0.800. The first-order valence-electron chi connectivity index (χ1n) is 5.25. The number of nitrogens with one attached hydrogen (secondary N) is 1. The summed E-state index contributed by atoms with van der Waals surface area (Å²) in [7, 11) is 1.65. The zero-order valence-corrected chi connectivity index (χ0v) is 9.83. The molecular weight excluding hydrogens is 194 g/mol. The molecule has 0 bridgehead atoms. The van der Waals surface area contributed by atoms with Crippen LogP contribution in [0.2, 0.25) is 0 Å². The fourth-order valence-electron chi connectivity index (χ4n) is 1.15. The van der Waals surface area contributed by atoms with Crippen molar-refractivity contribution in [1.29, 1.82) is 0 Å². The Hall–Kier alpha value is -0.940. The highest BCUT2D eigenvalue weighted by atomic mass is 16.5. The minimum atomic E-state index is -0.475. The second-order valence-electron chi connectivity index (χ2n) is 3.57. The van der Waals surface area contributed by atoms with Crippen LogP contribution in [0.1, 0.15) is 39.0 Å². The van der Waals surface area contributed by atoms with E-state index in [9.17, 15) is 0 Å². The van der Waals surface area contributed by atoms with Crippen molar-refractivity contribution in [3.63, 3.8) is 0 Å². The van der Waals surface area contributed by atoms with E-state index in [1.165, 1.54) is 0 Å². The molecule has 0 aliphatic rings. The van der Waals surface area contributed by atoms with Gasteiger partial charge in [0.25, 0.3) is 0 Å². The third-order valence-corrected chi connectivity index (χ3v) is 2.57. The van der Waals surface area contributed by atoms with E-state index in [0.717, 1.165) is 13.0 Å². The van der Waals surface area contributed by atoms with Crippen molar-refractivity contribution in [2.24, 2.45) is 0 Å².